The first-order valence-corrected chi connectivity index (χ1v) is 8.21. The van der Waals surface area contributed by atoms with Crippen LogP contribution in [0.3, 0.4) is 0 Å². The van der Waals surface area contributed by atoms with Gasteiger partial charge in [0.05, 0.1) is 12.5 Å². The van der Waals surface area contributed by atoms with Gasteiger partial charge in [-0.15, -0.1) is 0 Å². The highest BCUT2D eigenvalue weighted by molar-refractivity contribution is 5.88. The normalized spacial score (nSPS) is 16.8. The molecule has 1 aliphatic carbocycles. The van der Waals surface area contributed by atoms with Gasteiger partial charge in [0, 0.05) is 0 Å². The molecule has 1 aromatic carbocycles. The lowest BCUT2D eigenvalue weighted by atomic mass is 9.81. The molecular formula is C18H25NO4. The van der Waals surface area contributed by atoms with E-state index in [-0.39, 0.29) is 18.4 Å². The standard InChI is InChI=1S/C18H25NO4/c1-13(2)23-15-8-6-7-14(11-15)12-16(20)19-18(17(21)22)9-4-3-5-10-18/h6-8,11,13H,3-5,9-10,12H2,1-2H3,(H,19,20)(H,21,22). The summed E-state index contributed by atoms with van der Waals surface area (Å²) in [5.41, 5.74) is -0.279. The summed E-state index contributed by atoms with van der Waals surface area (Å²) in [6.07, 6.45) is 3.93. The lowest BCUT2D eigenvalue weighted by molar-refractivity contribution is -0.149. The largest absolute Gasteiger partial charge is 0.491 e. The molecule has 2 rings (SSSR count). The lowest BCUT2D eigenvalue weighted by Gasteiger charge is -2.34. The van der Waals surface area contributed by atoms with Gasteiger partial charge in [-0.1, -0.05) is 31.4 Å². The van der Waals surface area contributed by atoms with E-state index in [4.69, 9.17) is 4.74 Å². The van der Waals surface area contributed by atoms with Crippen molar-refractivity contribution < 1.29 is 19.4 Å². The fourth-order valence-corrected chi connectivity index (χ4v) is 3.05. The molecule has 0 spiro atoms. The second-order valence-corrected chi connectivity index (χ2v) is 6.49. The van der Waals surface area contributed by atoms with Crippen LogP contribution in [0.25, 0.3) is 0 Å². The highest BCUT2D eigenvalue weighted by atomic mass is 16.5. The average molecular weight is 319 g/mol. The van der Waals surface area contributed by atoms with Crippen molar-refractivity contribution in [1.29, 1.82) is 0 Å². The number of amides is 1. The zero-order chi connectivity index (χ0) is 16.9. The van der Waals surface area contributed by atoms with E-state index < -0.39 is 11.5 Å². The Morgan fingerprint density at radius 2 is 1.96 bits per heavy atom. The molecule has 1 saturated carbocycles. The van der Waals surface area contributed by atoms with Crippen LogP contribution in [0.5, 0.6) is 5.75 Å². The van der Waals surface area contributed by atoms with E-state index in [2.05, 4.69) is 5.32 Å². The molecular weight excluding hydrogens is 294 g/mol. The minimum Gasteiger partial charge on any atom is -0.491 e. The highest BCUT2D eigenvalue weighted by Gasteiger charge is 2.40. The molecule has 0 aromatic heterocycles. The quantitative estimate of drug-likeness (QED) is 0.845. The first-order valence-electron chi connectivity index (χ1n) is 8.21. The van der Waals surface area contributed by atoms with Gasteiger partial charge >= 0.3 is 5.97 Å². The summed E-state index contributed by atoms with van der Waals surface area (Å²) >= 11 is 0. The van der Waals surface area contributed by atoms with Crippen molar-refractivity contribution in [1.82, 2.24) is 5.32 Å². The molecule has 0 atom stereocenters. The SMILES string of the molecule is CC(C)Oc1cccc(CC(=O)NC2(C(=O)O)CCCCC2)c1. The van der Waals surface area contributed by atoms with Gasteiger partial charge in [0.2, 0.25) is 5.91 Å². The van der Waals surface area contributed by atoms with Gasteiger partial charge in [0.1, 0.15) is 11.3 Å². The van der Waals surface area contributed by atoms with Gasteiger partial charge in [0.25, 0.3) is 0 Å². The molecule has 1 fully saturated rings. The first kappa shape index (κ1) is 17.3. The lowest BCUT2D eigenvalue weighted by Crippen LogP contribution is -2.55. The van der Waals surface area contributed by atoms with Crippen LogP contribution >= 0.6 is 0 Å². The van der Waals surface area contributed by atoms with Gasteiger partial charge < -0.3 is 15.2 Å². The number of benzene rings is 1. The summed E-state index contributed by atoms with van der Waals surface area (Å²) in [6.45, 7) is 3.89. The van der Waals surface area contributed by atoms with Gasteiger partial charge in [-0.25, -0.2) is 4.79 Å². The van der Waals surface area contributed by atoms with E-state index in [0.29, 0.717) is 12.8 Å². The van der Waals surface area contributed by atoms with Crippen LogP contribution in [0.2, 0.25) is 0 Å². The van der Waals surface area contributed by atoms with Crippen LogP contribution in [-0.2, 0) is 16.0 Å². The minimum atomic E-state index is -1.10. The van der Waals surface area contributed by atoms with Crippen LogP contribution in [0.15, 0.2) is 24.3 Å². The van der Waals surface area contributed by atoms with Gasteiger partial charge in [-0.2, -0.15) is 0 Å². The van der Waals surface area contributed by atoms with E-state index >= 15 is 0 Å². The Morgan fingerprint density at radius 3 is 2.57 bits per heavy atom. The van der Waals surface area contributed by atoms with Crippen molar-refractivity contribution >= 4 is 11.9 Å². The average Bonchev–Trinajstić information content (AvgIpc) is 2.47. The van der Waals surface area contributed by atoms with Crippen LogP contribution in [0, 0.1) is 0 Å². The third-order valence-corrected chi connectivity index (χ3v) is 4.13. The third kappa shape index (κ3) is 4.71. The molecule has 0 radical (unpaired) electrons. The third-order valence-electron chi connectivity index (χ3n) is 4.13. The van der Waals surface area contributed by atoms with Gasteiger partial charge in [-0.05, 0) is 44.4 Å². The van der Waals surface area contributed by atoms with E-state index in [1.807, 2.05) is 38.1 Å². The predicted octanol–water partition coefficient (Wildman–Crippen LogP) is 2.92. The highest BCUT2D eigenvalue weighted by Crippen LogP contribution is 2.28. The summed E-state index contributed by atoms with van der Waals surface area (Å²) in [4.78, 5) is 23.9. The number of hydrogen-bond donors (Lipinski definition) is 2. The summed E-state index contributed by atoms with van der Waals surface area (Å²) in [5.74, 6) is -0.464. The van der Waals surface area contributed by atoms with Crippen LogP contribution in [-0.4, -0.2) is 28.6 Å². The zero-order valence-electron chi connectivity index (χ0n) is 13.8. The summed E-state index contributed by atoms with van der Waals surface area (Å²) in [6, 6.07) is 7.37. The molecule has 0 heterocycles. The number of nitrogens with one attached hydrogen (secondary N) is 1. The molecule has 1 amide bonds. The number of carboxylic acid groups (broad SMARTS) is 1. The van der Waals surface area contributed by atoms with E-state index in [1.165, 1.54) is 0 Å². The zero-order valence-corrected chi connectivity index (χ0v) is 13.8. The molecule has 2 N–H and O–H groups in total. The number of rotatable bonds is 6. The Bertz CT molecular complexity index is 562. The predicted molar refractivity (Wildman–Crippen MR) is 87.5 cm³/mol. The van der Waals surface area contributed by atoms with Crippen LogP contribution in [0.1, 0.15) is 51.5 Å². The minimum absolute atomic E-state index is 0.0663. The Hall–Kier alpha value is -2.04. The van der Waals surface area contributed by atoms with Crippen molar-refractivity contribution in [2.75, 3.05) is 0 Å². The van der Waals surface area contributed by atoms with E-state index in [1.54, 1.807) is 0 Å². The topological polar surface area (TPSA) is 75.6 Å². The molecule has 5 heteroatoms. The van der Waals surface area contributed by atoms with Crippen molar-refractivity contribution in [2.24, 2.45) is 0 Å². The smallest absolute Gasteiger partial charge is 0.329 e. The molecule has 126 valence electrons. The molecule has 23 heavy (non-hydrogen) atoms. The maximum atomic E-state index is 12.3. The summed E-state index contributed by atoms with van der Waals surface area (Å²) < 4.78 is 5.62. The number of carbonyl (C=O) groups excluding carboxylic acids is 1. The molecule has 0 bridgehead atoms. The molecule has 1 aliphatic rings. The molecule has 0 aliphatic heterocycles. The number of ether oxygens (including phenoxy) is 1. The van der Waals surface area contributed by atoms with Crippen LogP contribution < -0.4 is 10.1 Å². The first-order chi connectivity index (χ1) is 10.9. The maximum absolute atomic E-state index is 12.3. The van der Waals surface area contributed by atoms with Gasteiger partial charge in [0.15, 0.2) is 0 Å². The molecule has 0 saturated heterocycles. The fraction of sp³-hybridized carbons (Fsp3) is 0.556. The van der Waals surface area contributed by atoms with Crippen molar-refractivity contribution in [3.05, 3.63) is 29.8 Å². The maximum Gasteiger partial charge on any atom is 0.329 e. The monoisotopic (exact) mass is 319 g/mol. The Morgan fingerprint density at radius 1 is 1.26 bits per heavy atom. The Balaban J connectivity index is 2.02. The Labute approximate surface area is 137 Å². The molecule has 0 unspecified atom stereocenters. The fourth-order valence-electron chi connectivity index (χ4n) is 3.05. The van der Waals surface area contributed by atoms with Gasteiger partial charge in [-0.3, -0.25) is 4.79 Å². The van der Waals surface area contributed by atoms with E-state index in [0.717, 1.165) is 30.6 Å². The molecule has 1 aromatic rings. The number of hydrogen-bond acceptors (Lipinski definition) is 3. The number of aliphatic carboxylic acids is 1. The van der Waals surface area contributed by atoms with Crippen molar-refractivity contribution in [2.45, 2.75) is 64.0 Å². The second-order valence-electron chi connectivity index (χ2n) is 6.49. The van der Waals surface area contributed by atoms with Crippen molar-refractivity contribution in [3.63, 3.8) is 0 Å². The molecule has 5 nitrogen and oxygen atoms in total. The number of carbonyl (C=O) groups is 2. The summed E-state index contributed by atoms with van der Waals surface area (Å²) in [5, 5.41) is 12.3. The number of carboxylic acids is 1. The van der Waals surface area contributed by atoms with Crippen molar-refractivity contribution in [3.8, 4) is 5.75 Å². The summed E-state index contributed by atoms with van der Waals surface area (Å²) in [7, 11) is 0. The Kier molecular flexibility index (Phi) is 5.64. The van der Waals surface area contributed by atoms with E-state index in [9.17, 15) is 14.7 Å². The second kappa shape index (κ2) is 7.49. The van der Waals surface area contributed by atoms with Crippen LogP contribution in [0.4, 0.5) is 0 Å².